The number of methoxy groups -OCH3 is 1. The summed E-state index contributed by atoms with van der Waals surface area (Å²) >= 11 is 0. The van der Waals surface area contributed by atoms with Crippen molar-refractivity contribution in [2.75, 3.05) is 7.11 Å². The molecule has 0 saturated carbocycles. The number of hydrogen-bond acceptors (Lipinski definition) is 5. The van der Waals surface area contributed by atoms with Crippen molar-refractivity contribution in [2.45, 2.75) is 26.4 Å². The van der Waals surface area contributed by atoms with Crippen LogP contribution in [0, 0.1) is 6.92 Å². The maximum atomic E-state index is 11.2. The summed E-state index contributed by atoms with van der Waals surface area (Å²) in [5, 5.41) is 7.35. The van der Waals surface area contributed by atoms with Gasteiger partial charge >= 0.3 is 5.97 Å². The largest absolute Gasteiger partial charge is 0.468 e. The minimum absolute atomic E-state index is 0.279. The van der Waals surface area contributed by atoms with Gasteiger partial charge in [-0.1, -0.05) is 0 Å². The van der Waals surface area contributed by atoms with Crippen LogP contribution in [0.15, 0.2) is 18.5 Å². The van der Waals surface area contributed by atoms with Gasteiger partial charge < -0.3 is 10.1 Å². The molecule has 6 heteroatoms. The van der Waals surface area contributed by atoms with E-state index in [4.69, 9.17) is 0 Å². The first-order valence-electron chi connectivity index (χ1n) is 5.72. The topological polar surface area (TPSA) is 68.5 Å². The van der Waals surface area contributed by atoms with E-state index in [0.717, 1.165) is 16.9 Å². The zero-order chi connectivity index (χ0) is 13.1. The standard InChI is InChI=1S/C12H16N4O2/c1-8-4-11-14-6-10(7-16(11)15-8)5-13-9(2)12(17)18-3/h4,6-7,9,13H,5H2,1-3H3. The lowest BCUT2D eigenvalue weighted by atomic mass is 10.3. The van der Waals surface area contributed by atoms with Crippen LogP contribution in [-0.4, -0.2) is 33.7 Å². The summed E-state index contributed by atoms with van der Waals surface area (Å²) in [6.45, 7) is 4.22. The number of nitrogens with one attached hydrogen (secondary N) is 1. The fourth-order valence-electron chi connectivity index (χ4n) is 1.66. The van der Waals surface area contributed by atoms with Crippen LogP contribution < -0.4 is 5.32 Å². The Labute approximate surface area is 105 Å². The molecule has 2 aromatic rings. The summed E-state index contributed by atoms with van der Waals surface area (Å²) in [6.07, 6.45) is 3.67. The lowest BCUT2D eigenvalue weighted by Gasteiger charge is -2.11. The summed E-state index contributed by atoms with van der Waals surface area (Å²) in [7, 11) is 1.38. The molecule has 2 rings (SSSR count). The number of carbonyl (C=O) groups excluding carboxylic acids is 1. The van der Waals surface area contributed by atoms with Gasteiger partial charge in [0.15, 0.2) is 5.65 Å². The Bertz CT molecular complexity index is 564. The Balaban J connectivity index is 2.05. The fourth-order valence-corrected chi connectivity index (χ4v) is 1.66. The van der Waals surface area contributed by atoms with E-state index in [1.165, 1.54) is 7.11 Å². The Morgan fingerprint density at radius 3 is 3.11 bits per heavy atom. The van der Waals surface area contributed by atoms with Crippen LogP contribution in [0.4, 0.5) is 0 Å². The first-order chi connectivity index (χ1) is 8.60. The molecule has 2 heterocycles. The molecule has 6 nitrogen and oxygen atoms in total. The lowest BCUT2D eigenvalue weighted by Crippen LogP contribution is -2.34. The second kappa shape index (κ2) is 5.14. The molecule has 18 heavy (non-hydrogen) atoms. The third-order valence-electron chi connectivity index (χ3n) is 2.66. The molecule has 0 aromatic carbocycles. The Morgan fingerprint density at radius 1 is 1.61 bits per heavy atom. The van der Waals surface area contributed by atoms with Gasteiger partial charge in [-0.25, -0.2) is 9.50 Å². The quantitative estimate of drug-likeness (QED) is 0.806. The number of carbonyl (C=O) groups is 1. The van der Waals surface area contributed by atoms with E-state index in [2.05, 4.69) is 20.1 Å². The molecule has 0 aliphatic carbocycles. The van der Waals surface area contributed by atoms with Gasteiger partial charge in [-0.2, -0.15) is 5.10 Å². The van der Waals surface area contributed by atoms with Crippen molar-refractivity contribution >= 4 is 11.6 Å². The second-order valence-corrected chi connectivity index (χ2v) is 4.18. The van der Waals surface area contributed by atoms with Gasteiger partial charge in [0.2, 0.25) is 0 Å². The van der Waals surface area contributed by atoms with E-state index in [0.29, 0.717) is 6.54 Å². The van der Waals surface area contributed by atoms with Crippen LogP contribution >= 0.6 is 0 Å². The molecule has 96 valence electrons. The van der Waals surface area contributed by atoms with E-state index in [9.17, 15) is 4.79 Å². The van der Waals surface area contributed by atoms with Crippen LogP contribution in [0.3, 0.4) is 0 Å². The highest BCUT2D eigenvalue weighted by Crippen LogP contribution is 2.04. The molecule has 1 atom stereocenters. The van der Waals surface area contributed by atoms with E-state index >= 15 is 0 Å². The molecule has 0 amide bonds. The van der Waals surface area contributed by atoms with Gasteiger partial charge in [0.1, 0.15) is 6.04 Å². The van der Waals surface area contributed by atoms with Gasteiger partial charge in [-0.15, -0.1) is 0 Å². The molecule has 0 aliphatic rings. The first kappa shape index (κ1) is 12.5. The van der Waals surface area contributed by atoms with Crippen molar-refractivity contribution in [3.63, 3.8) is 0 Å². The van der Waals surface area contributed by atoms with Gasteiger partial charge in [0.05, 0.1) is 12.8 Å². The van der Waals surface area contributed by atoms with Crippen molar-refractivity contribution < 1.29 is 9.53 Å². The minimum Gasteiger partial charge on any atom is -0.468 e. The number of rotatable bonds is 4. The van der Waals surface area contributed by atoms with Gasteiger partial charge in [-0.3, -0.25) is 4.79 Å². The molecule has 0 fully saturated rings. The summed E-state index contributed by atoms with van der Waals surface area (Å²) < 4.78 is 6.37. The maximum Gasteiger partial charge on any atom is 0.322 e. The third kappa shape index (κ3) is 2.65. The smallest absolute Gasteiger partial charge is 0.322 e. The predicted octanol–water partition coefficient (Wildman–Crippen LogP) is 0.689. The molecule has 1 N–H and O–H groups in total. The van der Waals surface area contributed by atoms with Gasteiger partial charge in [0, 0.05) is 30.6 Å². The van der Waals surface area contributed by atoms with E-state index in [1.54, 1.807) is 17.6 Å². The van der Waals surface area contributed by atoms with Crippen molar-refractivity contribution in [2.24, 2.45) is 0 Å². The van der Waals surface area contributed by atoms with Crippen molar-refractivity contribution in [3.05, 3.63) is 29.7 Å². The van der Waals surface area contributed by atoms with Crippen molar-refractivity contribution in [3.8, 4) is 0 Å². The predicted molar refractivity (Wildman–Crippen MR) is 66.0 cm³/mol. The van der Waals surface area contributed by atoms with Crippen molar-refractivity contribution in [1.29, 1.82) is 0 Å². The average Bonchev–Trinajstić information content (AvgIpc) is 2.74. The monoisotopic (exact) mass is 248 g/mol. The van der Waals surface area contributed by atoms with Crippen molar-refractivity contribution in [1.82, 2.24) is 19.9 Å². The molecule has 0 radical (unpaired) electrons. The highest BCUT2D eigenvalue weighted by Gasteiger charge is 2.12. The van der Waals surface area contributed by atoms with Crippen LogP contribution in [0.5, 0.6) is 0 Å². The number of hydrogen-bond donors (Lipinski definition) is 1. The summed E-state index contributed by atoms with van der Waals surface area (Å²) in [5.41, 5.74) is 2.70. The second-order valence-electron chi connectivity index (χ2n) is 4.18. The molecular weight excluding hydrogens is 232 g/mol. The highest BCUT2D eigenvalue weighted by molar-refractivity contribution is 5.75. The number of nitrogens with zero attached hydrogens (tertiary/aromatic N) is 3. The van der Waals surface area contributed by atoms with Crippen LogP contribution in [-0.2, 0) is 16.1 Å². The Morgan fingerprint density at radius 2 is 2.39 bits per heavy atom. The number of fused-ring (bicyclic) bond motifs is 1. The van der Waals surface area contributed by atoms with E-state index in [-0.39, 0.29) is 12.0 Å². The zero-order valence-electron chi connectivity index (χ0n) is 10.7. The number of esters is 1. The fraction of sp³-hybridized carbons (Fsp3) is 0.417. The van der Waals surface area contributed by atoms with E-state index < -0.39 is 0 Å². The molecule has 0 spiro atoms. The summed E-state index contributed by atoms with van der Waals surface area (Å²) in [6, 6.07) is 1.57. The van der Waals surface area contributed by atoms with Crippen LogP contribution in [0.25, 0.3) is 5.65 Å². The first-order valence-corrected chi connectivity index (χ1v) is 5.72. The normalized spacial score (nSPS) is 12.6. The molecule has 0 saturated heterocycles. The SMILES string of the molecule is COC(=O)C(C)NCc1cnc2cc(C)nn2c1. The lowest BCUT2D eigenvalue weighted by molar-refractivity contribution is -0.142. The molecular formula is C12H16N4O2. The molecule has 1 unspecified atom stereocenters. The molecule has 0 aliphatic heterocycles. The molecule has 0 bridgehead atoms. The van der Waals surface area contributed by atoms with Crippen LogP contribution in [0.2, 0.25) is 0 Å². The highest BCUT2D eigenvalue weighted by atomic mass is 16.5. The third-order valence-corrected chi connectivity index (χ3v) is 2.66. The number of ether oxygens (including phenoxy) is 1. The maximum absolute atomic E-state index is 11.2. The number of aryl methyl sites for hydroxylation is 1. The Kier molecular flexibility index (Phi) is 3.57. The zero-order valence-corrected chi connectivity index (χ0v) is 10.7. The van der Waals surface area contributed by atoms with Gasteiger partial charge in [0.25, 0.3) is 0 Å². The van der Waals surface area contributed by atoms with E-state index in [1.807, 2.05) is 19.2 Å². The summed E-state index contributed by atoms with van der Waals surface area (Å²) in [5.74, 6) is -0.279. The Hall–Kier alpha value is -1.95. The van der Waals surface area contributed by atoms with Gasteiger partial charge in [-0.05, 0) is 13.8 Å². The number of aromatic nitrogens is 3. The molecule has 2 aromatic heterocycles. The summed E-state index contributed by atoms with van der Waals surface area (Å²) in [4.78, 5) is 15.5. The minimum atomic E-state index is -0.343. The van der Waals surface area contributed by atoms with Crippen LogP contribution in [0.1, 0.15) is 18.2 Å². The average molecular weight is 248 g/mol.